The summed E-state index contributed by atoms with van der Waals surface area (Å²) in [4.78, 5) is 4.86. The number of rotatable bonds is 11. The standard InChI is InChI=1S/C66H49N3/c1-6-16-48(17-7-1)52-26-34-57(35-27-52)67(58-36-28-53(29-37-58)49-18-8-2-9-19-49)61-42-44-65-63(46-61)64-47-62(43-45-66(64)69(65)56-24-14-5-15-25-56)68(59-38-30-54(31-39-59)50-20-10-3-11-21-50)60-40-32-55(33-41-60)51-22-12-4-13-23-51/h1-32,34-40,42-47H,33,41H2. The molecule has 0 fully saturated rings. The average molecular weight is 884 g/mol. The Morgan fingerprint density at radius 2 is 0.623 bits per heavy atom. The number of allylic oxidation sites excluding steroid dienone is 4. The van der Waals surface area contributed by atoms with Gasteiger partial charge in [0.05, 0.1) is 11.0 Å². The molecule has 1 aliphatic carbocycles. The summed E-state index contributed by atoms with van der Waals surface area (Å²) in [5.41, 5.74) is 20.1. The van der Waals surface area contributed by atoms with Crippen LogP contribution in [0.3, 0.4) is 0 Å². The van der Waals surface area contributed by atoms with Gasteiger partial charge in [0, 0.05) is 50.6 Å². The van der Waals surface area contributed by atoms with Crippen LogP contribution in [0.2, 0.25) is 0 Å². The van der Waals surface area contributed by atoms with Crippen molar-refractivity contribution in [2.75, 3.05) is 9.80 Å². The lowest BCUT2D eigenvalue weighted by Crippen LogP contribution is -2.18. The molecule has 3 nitrogen and oxygen atoms in total. The Kier molecular flexibility index (Phi) is 11.1. The molecule has 10 aromatic carbocycles. The summed E-state index contributed by atoms with van der Waals surface area (Å²) >= 11 is 0. The molecule has 0 amide bonds. The van der Waals surface area contributed by atoms with E-state index in [2.05, 4.69) is 287 Å². The minimum atomic E-state index is 0.913. The van der Waals surface area contributed by atoms with Gasteiger partial charge in [-0.2, -0.15) is 0 Å². The lowest BCUT2D eigenvalue weighted by Gasteiger charge is -2.30. The monoisotopic (exact) mass is 883 g/mol. The number of nitrogens with zero attached hydrogens (tertiary/aromatic N) is 3. The molecular weight excluding hydrogens is 835 g/mol. The smallest absolute Gasteiger partial charge is 0.0542 e. The molecule has 0 spiro atoms. The van der Waals surface area contributed by atoms with Crippen LogP contribution in [0.4, 0.5) is 28.4 Å². The fourth-order valence-corrected chi connectivity index (χ4v) is 10.1. The predicted octanol–water partition coefficient (Wildman–Crippen LogP) is 18.2. The van der Waals surface area contributed by atoms with Gasteiger partial charge in [-0.3, -0.25) is 0 Å². The van der Waals surface area contributed by atoms with Gasteiger partial charge in [-0.15, -0.1) is 0 Å². The molecule has 3 heteroatoms. The normalized spacial score (nSPS) is 12.4. The molecule has 0 N–H and O–H groups in total. The van der Waals surface area contributed by atoms with Crippen molar-refractivity contribution < 1.29 is 0 Å². The first-order valence-electron chi connectivity index (χ1n) is 23.9. The summed E-state index contributed by atoms with van der Waals surface area (Å²) in [6.07, 6.45) is 6.52. The summed E-state index contributed by atoms with van der Waals surface area (Å²) in [5.74, 6) is 0. The molecule has 328 valence electrons. The lowest BCUT2D eigenvalue weighted by atomic mass is 9.95. The fraction of sp³-hybridized carbons (Fsp3) is 0.0303. The van der Waals surface area contributed by atoms with Gasteiger partial charge in [-0.1, -0.05) is 182 Å². The highest BCUT2D eigenvalue weighted by Crippen LogP contribution is 2.44. The van der Waals surface area contributed by atoms with E-state index in [1.807, 2.05) is 0 Å². The highest BCUT2D eigenvalue weighted by Gasteiger charge is 2.22. The van der Waals surface area contributed by atoms with Crippen LogP contribution in [0.15, 0.2) is 279 Å². The molecule has 0 radical (unpaired) electrons. The second-order valence-corrected chi connectivity index (χ2v) is 17.7. The number of fused-ring (bicyclic) bond motifs is 3. The van der Waals surface area contributed by atoms with Crippen LogP contribution < -0.4 is 9.80 Å². The predicted molar refractivity (Wildman–Crippen MR) is 292 cm³/mol. The van der Waals surface area contributed by atoms with Gasteiger partial charge in [0.15, 0.2) is 0 Å². The van der Waals surface area contributed by atoms with E-state index >= 15 is 0 Å². The first-order chi connectivity index (χ1) is 34.2. The summed E-state index contributed by atoms with van der Waals surface area (Å²) in [6, 6.07) is 94.4. The van der Waals surface area contributed by atoms with Gasteiger partial charge < -0.3 is 14.4 Å². The summed E-state index contributed by atoms with van der Waals surface area (Å²) in [5, 5.41) is 2.37. The highest BCUT2D eigenvalue weighted by molar-refractivity contribution is 6.12. The summed E-state index contributed by atoms with van der Waals surface area (Å²) < 4.78 is 2.42. The Bertz CT molecular complexity index is 3510. The molecule has 12 rings (SSSR count). The lowest BCUT2D eigenvalue weighted by molar-refractivity contribution is 0.930. The maximum Gasteiger partial charge on any atom is 0.0542 e. The summed E-state index contributed by atoms with van der Waals surface area (Å²) in [7, 11) is 0. The van der Waals surface area contributed by atoms with E-state index in [9.17, 15) is 0 Å². The molecule has 0 saturated heterocycles. The molecule has 0 bridgehead atoms. The summed E-state index contributed by atoms with van der Waals surface area (Å²) in [6.45, 7) is 0. The molecule has 0 atom stereocenters. The second-order valence-electron chi connectivity index (χ2n) is 17.7. The zero-order chi connectivity index (χ0) is 45.9. The number of para-hydroxylation sites is 1. The van der Waals surface area contributed by atoms with Crippen LogP contribution in [0.5, 0.6) is 0 Å². The van der Waals surface area contributed by atoms with E-state index < -0.39 is 0 Å². The van der Waals surface area contributed by atoms with Crippen LogP contribution in [0, 0.1) is 0 Å². The average Bonchev–Trinajstić information content (AvgIpc) is 3.76. The van der Waals surface area contributed by atoms with E-state index in [0.29, 0.717) is 0 Å². The maximum absolute atomic E-state index is 2.47. The topological polar surface area (TPSA) is 11.4 Å². The third-order valence-corrected chi connectivity index (χ3v) is 13.5. The van der Waals surface area contributed by atoms with Crippen molar-refractivity contribution >= 4 is 55.8 Å². The number of hydrogen-bond acceptors (Lipinski definition) is 2. The molecule has 0 saturated carbocycles. The highest BCUT2D eigenvalue weighted by atomic mass is 15.2. The third-order valence-electron chi connectivity index (χ3n) is 13.5. The van der Waals surface area contributed by atoms with Crippen LogP contribution in [0.1, 0.15) is 18.4 Å². The van der Waals surface area contributed by atoms with Crippen molar-refractivity contribution in [3.8, 4) is 39.1 Å². The molecule has 69 heavy (non-hydrogen) atoms. The van der Waals surface area contributed by atoms with E-state index in [1.165, 1.54) is 61.0 Å². The van der Waals surface area contributed by atoms with Crippen LogP contribution in [0.25, 0.3) is 66.4 Å². The van der Waals surface area contributed by atoms with Gasteiger partial charge in [0.2, 0.25) is 0 Å². The van der Waals surface area contributed by atoms with Crippen molar-refractivity contribution in [3.63, 3.8) is 0 Å². The molecule has 1 aliphatic rings. The minimum Gasteiger partial charge on any atom is -0.314 e. The Hall–Kier alpha value is -8.92. The van der Waals surface area contributed by atoms with Crippen molar-refractivity contribution in [2.24, 2.45) is 0 Å². The molecule has 0 unspecified atom stereocenters. The molecule has 0 aliphatic heterocycles. The minimum absolute atomic E-state index is 0.913. The molecular formula is C66H49N3. The van der Waals surface area contributed by atoms with Crippen LogP contribution >= 0.6 is 0 Å². The Labute approximate surface area is 404 Å². The van der Waals surface area contributed by atoms with Crippen molar-refractivity contribution in [3.05, 3.63) is 284 Å². The van der Waals surface area contributed by atoms with Gasteiger partial charge in [-0.05, 0) is 148 Å². The van der Waals surface area contributed by atoms with E-state index in [4.69, 9.17) is 0 Å². The van der Waals surface area contributed by atoms with E-state index in [-0.39, 0.29) is 0 Å². The van der Waals surface area contributed by atoms with Crippen LogP contribution in [-0.4, -0.2) is 4.57 Å². The zero-order valence-corrected chi connectivity index (χ0v) is 38.2. The van der Waals surface area contributed by atoms with Crippen molar-refractivity contribution in [1.29, 1.82) is 0 Å². The van der Waals surface area contributed by atoms with E-state index in [1.54, 1.807) is 0 Å². The Morgan fingerprint density at radius 3 is 1.03 bits per heavy atom. The van der Waals surface area contributed by atoms with Gasteiger partial charge in [0.1, 0.15) is 0 Å². The largest absolute Gasteiger partial charge is 0.314 e. The third kappa shape index (κ3) is 8.21. The van der Waals surface area contributed by atoms with E-state index in [0.717, 1.165) is 58.0 Å². The van der Waals surface area contributed by atoms with Gasteiger partial charge >= 0.3 is 0 Å². The number of aromatic nitrogens is 1. The van der Waals surface area contributed by atoms with Crippen molar-refractivity contribution in [1.82, 2.24) is 4.57 Å². The number of benzene rings is 10. The number of hydrogen-bond donors (Lipinski definition) is 0. The SMILES string of the molecule is C1=C(c2ccccc2)CCC(N(c2ccc(-c3ccccc3)cc2)c2ccc3c(c2)c2cc(N(c4ccc(-c5ccccc5)cc4)c4ccc(-c5ccccc5)cc4)ccc2n3-c2ccccc2)=C1. The first kappa shape index (κ1) is 41.5. The molecule has 1 heterocycles. The maximum atomic E-state index is 2.47. The quantitative estimate of drug-likeness (QED) is 0.128. The second kappa shape index (κ2) is 18.4. The molecule has 11 aromatic rings. The fourth-order valence-electron chi connectivity index (χ4n) is 10.1. The van der Waals surface area contributed by atoms with Crippen molar-refractivity contribution in [2.45, 2.75) is 12.8 Å². The Morgan fingerprint density at radius 1 is 0.275 bits per heavy atom. The van der Waals surface area contributed by atoms with Crippen LogP contribution in [-0.2, 0) is 0 Å². The molecule has 1 aromatic heterocycles. The zero-order valence-electron chi connectivity index (χ0n) is 38.2. The number of anilines is 5. The van der Waals surface area contributed by atoms with Gasteiger partial charge in [0.25, 0.3) is 0 Å². The first-order valence-corrected chi connectivity index (χ1v) is 23.9. The Balaban J connectivity index is 1.03. The van der Waals surface area contributed by atoms with Gasteiger partial charge in [-0.25, -0.2) is 0 Å².